The van der Waals surface area contributed by atoms with Gasteiger partial charge in [-0.3, -0.25) is 14.4 Å². The summed E-state index contributed by atoms with van der Waals surface area (Å²) in [6, 6.07) is 6.56. The van der Waals surface area contributed by atoms with Crippen LogP contribution in [0.15, 0.2) is 24.3 Å². The van der Waals surface area contributed by atoms with Crippen LogP contribution in [0.2, 0.25) is 0 Å². The molecule has 0 aliphatic heterocycles. The first-order valence-electron chi connectivity index (χ1n) is 6.83. The van der Waals surface area contributed by atoms with E-state index < -0.39 is 17.8 Å². The van der Waals surface area contributed by atoms with Crippen molar-refractivity contribution < 1.29 is 19.5 Å². The number of nitrogens with one attached hydrogen (secondary N) is 2. The van der Waals surface area contributed by atoms with Crippen molar-refractivity contribution in [3.8, 4) is 0 Å². The van der Waals surface area contributed by atoms with Gasteiger partial charge in [-0.25, -0.2) is 0 Å². The summed E-state index contributed by atoms with van der Waals surface area (Å²) in [5.74, 6) is -2.42. The lowest BCUT2D eigenvalue weighted by molar-refractivity contribution is -0.139. The van der Waals surface area contributed by atoms with E-state index in [1.54, 1.807) is 24.3 Å². The van der Waals surface area contributed by atoms with Gasteiger partial charge in [-0.1, -0.05) is 0 Å². The van der Waals surface area contributed by atoms with Crippen LogP contribution in [-0.4, -0.2) is 28.9 Å². The van der Waals surface area contributed by atoms with Gasteiger partial charge in [-0.2, -0.15) is 0 Å². The first-order valence-corrected chi connectivity index (χ1v) is 6.83. The molecule has 21 heavy (non-hydrogen) atoms. The van der Waals surface area contributed by atoms with Crippen LogP contribution in [-0.2, 0) is 9.59 Å². The Morgan fingerprint density at radius 2 is 1.76 bits per heavy atom. The second kappa shape index (κ2) is 5.95. The number of aliphatic carboxylic acids is 1. The summed E-state index contributed by atoms with van der Waals surface area (Å²) < 4.78 is 0. The van der Waals surface area contributed by atoms with E-state index in [1.807, 2.05) is 13.8 Å². The maximum atomic E-state index is 11.8. The van der Waals surface area contributed by atoms with Gasteiger partial charge in [0.15, 0.2) is 0 Å². The molecule has 0 saturated heterocycles. The molecule has 0 aromatic heterocycles. The maximum absolute atomic E-state index is 11.8. The summed E-state index contributed by atoms with van der Waals surface area (Å²) in [7, 11) is 0. The molecule has 0 spiro atoms. The summed E-state index contributed by atoms with van der Waals surface area (Å²) in [5, 5.41) is 14.2. The van der Waals surface area contributed by atoms with Gasteiger partial charge in [0, 0.05) is 17.3 Å². The molecule has 1 aromatic rings. The van der Waals surface area contributed by atoms with Crippen molar-refractivity contribution in [2.24, 2.45) is 11.8 Å². The maximum Gasteiger partial charge on any atom is 0.307 e. The number of carboxylic acid groups (broad SMARTS) is 1. The van der Waals surface area contributed by atoms with Crippen LogP contribution in [0.4, 0.5) is 5.69 Å². The number of anilines is 1. The Balaban J connectivity index is 1.92. The highest BCUT2D eigenvalue weighted by molar-refractivity contribution is 5.99. The molecule has 2 rings (SSSR count). The second-order valence-electron chi connectivity index (χ2n) is 5.48. The Morgan fingerprint density at radius 3 is 2.24 bits per heavy atom. The lowest BCUT2D eigenvalue weighted by atomic mass is 10.2. The number of amides is 2. The van der Waals surface area contributed by atoms with Crippen molar-refractivity contribution in [2.75, 3.05) is 5.32 Å². The van der Waals surface area contributed by atoms with E-state index in [-0.39, 0.29) is 17.9 Å². The molecule has 2 atom stereocenters. The van der Waals surface area contributed by atoms with Gasteiger partial charge in [0.1, 0.15) is 0 Å². The molecule has 0 radical (unpaired) electrons. The van der Waals surface area contributed by atoms with Crippen LogP contribution in [0.3, 0.4) is 0 Å². The molecule has 1 aliphatic rings. The summed E-state index contributed by atoms with van der Waals surface area (Å²) in [6.07, 6.45) is 0.385. The molecule has 1 aromatic carbocycles. The number of carboxylic acids is 1. The normalized spacial score (nSPS) is 20.0. The minimum Gasteiger partial charge on any atom is -0.481 e. The molecular weight excluding hydrogens is 272 g/mol. The molecular formula is C15H18N2O4. The molecule has 6 heteroatoms. The Morgan fingerprint density at radius 1 is 1.14 bits per heavy atom. The lowest BCUT2D eigenvalue weighted by Crippen LogP contribution is -2.30. The highest BCUT2D eigenvalue weighted by atomic mass is 16.4. The topological polar surface area (TPSA) is 95.5 Å². The minimum atomic E-state index is -0.934. The molecule has 0 heterocycles. The zero-order valence-electron chi connectivity index (χ0n) is 11.9. The monoisotopic (exact) mass is 290 g/mol. The summed E-state index contributed by atoms with van der Waals surface area (Å²) in [5.41, 5.74) is 1.06. The number of carbonyl (C=O) groups excluding carboxylic acids is 2. The highest BCUT2D eigenvalue weighted by Gasteiger charge is 2.48. The van der Waals surface area contributed by atoms with Crippen LogP contribution in [0, 0.1) is 11.8 Å². The predicted octanol–water partition coefficient (Wildman–Crippen LogP) is 1.48. The van der Waals surface area contributed by atoms with Gasteiger partial charge in [0.05, 0.1) is 11.8 Å². The Kier molecular flexibility index (Phi) is 4.26. The highest BCUT2D eigenvalue weighted by Crippen LogP contribution is 2.39. The zero-order valence-corrected chi connectivity index (χ0v) is 11.9. The summed E-state index contributed by atoms with van der Waals surface area (Å²) >= 11 is 0. The lowest BCUT2D eigenvalue weighted by Gasteiger charge is -2.09. The van der Waals surface area contributed by atoms with Gasteiger partial charge in [0.2, 0.25) is 5.91 Å². The first kappa shape index (κ1) is 15.0. The molecule has 2 unspecified atom stereocenters. The molecule has 3 N–H and O–H groups in total. The minimum absolute atomic E-state index is 0.0553. The predicted molar refractivity (Wildman–Crippen MR) is 76.9 cm³/mol. The number of benzene rings is 1. The van der Waals surface area contributed by atoms with Crippen LogP contribution >= 0.6 is 0 Å². The largest absolute Gasteiger partial charge is 0.481 e. The van der Waals surface area contributed by atoms with Gasteiger partial charge < -0.3 is 15.7 Å². The van der Waals surface area contributed by atoms with E-state index in [9.17, 15) is 14.4 Å². The molecule has 6 nitrogen and oxygen atoms in total. The van der Waals surface area contributed by atoms with Gasteiger partial charge in [-0.05, 0) is 44.5 Å². The Bertz CT molecular complexity index is 566. The average Bonchev–Trinajstić information content (AvgIpc) is 3.19. The van der Waals surface area contributed by atoms with Crippen LogP contribution < -0.4 is 10.6 Å². The van der Waals surface area contributed by atoms with Crippen molar-refractivity contribution in [3.05, 3.63) is 29.8 Å². The Labute approximate surface area is 122 Å². The fraction of sp³-hybridized carbons (Fsp3) is 0.400. The van der Waals surface area contributed by atoms with E-state index >= 15 is 0 Å². The zero-order chi connectivity index (χ0) is 15.6. The van der Waals surface area contributed by atoms with Crippen LogP contribution in [0.25, 0.3) is 0 Å². The van der Waals surface area contributed by atoms with Gasteiger partial charge >= 0.3 is 5.97 Å². The fourth-order valence-electron chi connectivity index (χ4n) is 2.04. The van der Waals surface area contributed by atoms with E-state index in [0.29, 0.717) is 17.7 Å². The quantitative estimate of drug-likeness (QED) is 0.765. The molecule has 1 aliphatic carbocycles. The van der Waals surface area contributed by atoms with Crippen molar-refractivity contribution >= 4 is 23.5 Å². The molecule has 1 saturated carbocycles. The smallest absolute Gasteiger partial charge is 0.307 e. The second-order valence-corrected chi connectivity index (χ2v) is 5.48. The van der Waals surface area contributed by atoms with E-state index in [0.717, 1.165) is 0 Å². The molecule has 0 bridgehead atoms. The number of hydrogen-bond acceptors (Lipinski definition) is 3. The third-order valence-electron chi connectivity index (χ3n) is 3.28. The van der Waals surface area contributed by atoms with Gasteiger partial charge in [-0.15, -0.1) is 0 Å². The third-order valence-corrected chi connectivity index (χ3v) is 3.28. The number of hydrogen-bond donors (Lipinski definition) is 3. The molecule has 2 amide bonds. The number of rotatable bonds is 5. The number of carbonyl (C=O) groups is 3. The Hall–Kier alpha value is -2.37. The van der Waals surface area contributed by atoms with Gasteiger partial charge in [0.25, 0.3) is 5.91 Å². The van der Waals surface area contributed by atoms with Crippen molar-refractivity contribution in [1.29, 1.82) is 0 Å². The van der Waals surface area contributed by atoms with Crippen molar-refractivity contribution in [3.63, 3.8) is 0 Å². The van der Waals surface area contributed by atoms with Crippen molar-refractivity contribution in [1.82, 2.24) is 5.32 Å². The van der Waals surface area contributed by atoms with Crippen LogP contribution in [0.5, 0.6) is 0 Å². The SMILES string of the molecule is CC(C)NC(=O)c1ccc(NC(=O)C2CC2C(=O)O)cc1. The van der Waals surface area contributed by atoms with Crippen LogP contribution in [0.1, 0.15) is 30.6 Å². The average molecular weight is 290 g/mol. The first-order chi connectivity index (χ1) is 9.88. The summed E-state index contributed by atoms with van der Waals surface area (Å²) in [4.78, 5) is 34.3. The van der Waals surface area contributed by atoms with Crippen molar-refractivity contribution in [2.45, 2.75) is 26.3 Å². The summed E-state index contributed by atoms with van der Waals surface area (Å²) in [6.45, 7) is 3.75. The standard InChI is InChI=1S/C15H18N2O4/c1-8(2)16-13(18)9-3-5-10(6-4-9)17-14(19)11-7-12(11)15(20)21/h3-6,8,11-12H,7H2,1-2H3,(H,16,18)(H,17,19)(H,20,21). The third kappa shape index (κ3) is 3.81. The van der Waals surface area contributed by atoms with E-state index in [2.05, 4.69) is 10.6 Å². The molecule has 112 valence electrons. The van der Waals surface area contributed by atoms with E-state index in [4.69, 9.17) is 5.11 Å². The van der Waals surface area contributed by atoms with E-state index in [1.165, 1.54) is 0 Å². The fourth-order valence-corrected chi connectivity index (χ4v) is 2.04. The molecule has 1 fully saturated rings.